The zero-order valence-corrected chi connectivity index (χ0v) is 15.2. The molecular weight excluding hydrogens is 352 g/mol. The van der Waals surface area contributed by atoms with E-state index < -0.39 is 15.7 Å². The first-order chi connectivity index (χ1) is 12.4. The van der Waals surface area contributed by atoms with Gasteiger partial charge in [0.1, 0.15) is 0 Å². The molecule has 2 aromatic carbocycles. The Morgan fingerprint density at radius 1 is 1.00 bits per heavy atom. The van der Waals surface area contributed by atoms with Crippen LogP contribution in [0.1, 0.15) is 30.1 Å². The summed E-state index contributed by atoms with van der Waals surface area (Å²) in [5.74, 6) is -0.532. The number of nitrogens with one attached hydrogen (secondary N) is 2. The van der Waals surface area contributed by atoms with Crippen LogP contribution in [-0.4, -0.2) is 26.0 Å². The standard InChI is InChI=1S/C19H20N2O4S/c1-2-26(24,25)17-9-4-3-8-16(17)19(23)21-15-7-5-6-14(12-15)20-18(22)13-10-11-13/h3-9,12-13H,2,10-11H2,1H3,(H,20,22)(H,21,23). The molecule has 2 N–H and O–H groups in total. The summed E-state index contributed by atoms with van der Waals surface area (Å²) in [7, 11) is -3.51. The van der Waals surface area contributed by atoms with Crippen molar-refractivity contribution < 1.29 is 18.0 Å². The fraction of sp³-hybridized carbons (Fsp3) is 0.263. The number of rotatable bonds is 6. The van der Waals surface area contributed by atoms with Crippen molar-refractivity contribution in [1.82, 2.24) is 0 Å². The van der Waals surface area contributed by atoms with E-state index in [0.717, 1.165) is 12.8 Å². The summed E-state index contributed by atoms with van der Waals surface area (Å²) in [5, 5.41) is 5.51. The number of carbonyl (C=O) groups excluding carboxylic acids is 2. The number of amides is 2. The second-order valence-electron chi connectivity index (χ2n) is 6.20. The van der Waals surface area contributed by atoms with Gasteiger partial charge in [-0.05, 0) is 43.2 Å². The Kier molecular flexibility index (Phi) is 5.08. The van der Waals surface area contributed by atoms with Gasteiger partial charge in [-0.1, -0.05) is 25.1 Å². The molecular formula is C19H20N2O4S. The lowest BCUT2D eigenvalue weighted by atomic mass is 10.2. The number of hydrogen-bond acceptors (Lipinski definition) is 4. The lowest BCUT2D eigenvalue weighted by Gasteiger charge is -2.11. The van der Waals surface area contributed by atoms with Crippen molar-refractivity contribution in [2.75, 3.05) is 16.4 Å². The van der Waals surface area contributed by atoms with Gasteiger partial charge in [0.05, 0.1) is 16.2 Å². The highest BCUT2D eigenvalue weighted by Gasteiger charge is 2.29. The minimum Gasteiger partial charge on any atom is -0.326 e. The van der Waals surface area contributed by atoms with Crippen molar-refractivity contribution >= 4 is 33.0 Å². The van der Waals surface area contributed by atoms with Gasteiger partial charge >= 0.3 is 0 Å². The normalized spacial score (nSPS) is 13.9. The average molecular weight is 372 g/mol. The minimum atomic E-state index is -3.51. The molecule has 1 aliphatic carbocycles. The zero-order chi connectivity index (χ0) is 18.7. The van der Waals surface area contributed by atoms with E-state index in [1.165, 1.54) is 19.1 Å². The molecule has 0 heterocycles. The van der Waals surface area contributed by atoms with E-state index in [9.17, 15) is 18.0 Å². The van der Waals surface area contributed by atoms with E-state index in [2.05, 4.69) is 10.6 Å². The first-order valence-corrected chi connectivity index (χ1v) is 10.1. The Hall–Kier alpha value is -2.67. The van der Waals surface area contributed by atoms with E-state index in [0.29, 0.717) is 11.4 Å². The van der Waals surface area contributed by atoms with Gasteiger partial charge < -0.3 is 10.6 Å². The highest BCUT2D eigenvalue weighted by molar-refractivity contribution is 7.91. The van der Waals surface area contributed by atoms with Crippen molar-refractivity contribution in [3.05, 3.63) is 54.1 Å². The quantitative estimate of drug-likeness (QED) is 0.815. The van der Waals surface area contributed by atoms with Crippen molar-refractivity contribution in [3.63, 3.8) is 0 Å². The van der Waals surface area contributed by atoms with E-state index in [-0.39, 0.29) is 28.0 Å². The molecule has 0 aliphatic heterocycles. The molecule has 0 spiro atoms. The molecule has 2 aromatic rings. The largest absolute Gasteiger partial charge is 0.326 e. The van der Waals surface area contributed by atoms with Gasteiger partial charge in [0.2, 0.25) is 5.91 Å². The van der Waals surface area contributed by atoms with Crippen LogP contribution >= 0.6 is 0 Å². The van der Waals surface area contributed by atoms with E-state index in [1.54, 1.807) is 36.4 Å². The van der Waals surface area contributed by atoms with Crippen molar-refractivity contribution in [2.24, 2.45) is 5.92 Å². The second kappa shape index (κ2) is 7.29. The van der Waals surface area contributed by atoms with Gasteiger partial charge in [-0.2, -0.15) is 0 Å². The Morgan fingerprint density at radius 3 is 2.31 bits per heavy atom. The summed E-state index contributed by atoms with van der Waals surface area (Å²) in [6, 6.07) is 12.9. The summed E-state index contributed by atoms with van der Waals surface area (Å²) in [5.41, 5.74) is 1.17. The zero-order valence-electron chi connectivity index (χ0n) is 14.4. The molecule has 0 aromatic heterocycles. The molecule has 7 heteroatoms. The lowest BCUT2D eigenvalue weighted by molar-refractivity contribution is -0.117. The molecule has 3 rings (SSSR count). The number of hydrogen-bond donors (Lipinski definition) is 2. The molecule has 0 unspecified atom stereocenters. The Balaban J connectivity index is 1.79. The third-order valence-electron chi connectivity index (χ3n) is 4.18. The molecule has 1 aliphatic rings. The van der Waals surface area contributed by atoms with Crippen molar-refractivity contribution in [3.8, 4) is 0 Å². The lowest BCUT2D eigenvalue weighted by Crippen LogP contribution is -2.17. The predicted molar refractivity (Wildman–Crippen MR) is 99.9 cm³/mol. The van der Waals surface area contributed by atoms with Crippen LogP contribution in [0.15, 0.2) is 53.4 Å². The summed E-state index contributed by atoms with van der Waals surface area (Å²) >= 11 is 0. The molecule has 136 valence electrons. The Labute approximate surface area is 152 Å². The maximum atomic E-state index is 12.6. The molecule has 26 heavy (non-hydrogen) atoms. The van der Waals surface area contributed by atoms with Crippen LogP contribution in [0, 0.1) is 5.92 Å². The summed E-state index contributed by atoms with van der Waals surface area (Å²) in [6.07, 6.45) is 1.82. The van der Waals surface area contributed by atoms with Crippen LogP contribution in [-0.2, 0) is 14.6 Å². The highest BCUT2D eigenvalue weighted by atomic mass is 32.2. The third-order valence-corrected chi connectivity index (χ3v) is 5.97. The first-order valence-electron chi connectivity index (χ1n) is 8.45. The SMILES string of the molecule is CCS(=O)(=O)c1ccccc1C(=O)Nc1cccc(NC(=O)C2CC2)c1. The molecule has 2 amide bonds. The van der Waals surface area contributed by atoms with Gasteiger partial charge in [-0.25, -0.2) is 8.42 Å². The number of sulfone groups is 1. The van der Waals surface area contributed by atoms with Crippen LogP contribution in [0.4, 0.5) is 11.4 Å². The third kappa shape index (κ3) is 4.11. The van der Waals surface area contributed by atoms with Crippen LogP contribution < -0.4 is 10.6 Å². The second-order valence-corrected chi connectivity index (χ2v) is 8.44. The molecule has 0 saturated heterocycles. The Morgan fingerprint density at radius 2 is 1.65 bits per heavy atom. The topological polar surface area (TPSA) is 92.3 Å². The van der Waals surface area contributed by atoms with Gasteiger partial charge in [0, 0.05) is 17.3 Å². The van der Waals surface area contributed by atoms with Gasteiger partial charge in [-0.15, -0.1) is 0 Å². The smallest absolute Gasteiger partial charge is 0.256 e. The molecule has 1 saturated carbocycles. The molecule has 0 bridgehead atoms. The first kappa shape index (κ1) is 18.1. The maximum absolute atomic E-state index is 12.6. The average Bonchev–Trinajstić information content (AvgIpc) is 3.47. The van der Waals surface area contributed by atoms with Crippen molar-refractivity contribution in [1.29, 1.82) is 0 Å². The Bertz CT molecular complexity index is 950. The summed E-state index contributed by atoms with van der Waals surface area (Å²) in [4.78, 5) is 24.5. The van der Waals surface area contributed by atoms with E-state index in [4.69, 9.17) is 0 Å². The van der Waals surface area contributed by atoms with Crippen molar-refractivity contribution in [2.45, 2.75) is 24.7 Å². The fourth-order valence-electron chi connectivity index (χ4n) is 2.54. The van der Waals surface area contributed by atoms with Gasteiger partial charge in [0.15, 0.2) is 9.84 Å². The summed E-state index contributed by atoms with van der Waals surface area (Å²) < 4.78 is 24.4. The van der Waals surface area contributed by atoms with Gasteiger partial charge in [0.25, 0.3) is 5.91 Å². The van der Waals surface area contributed by atoms with Crippen LogP contribution in [0.25, 0.3) is 0 Å². The molecule has 1 fully saturated rings. The highest BCUT2D eigenvalue weighted by Crippen LogP contribution is 2.30. The maximum Gasteiger partial charge on any atom is 0.256 e. The summed E-state index contributed by atoms with van der Waals surface area (Å²) in [6.45, 7) is 1.54. The minimum absolute atomic E-state index is 0.0122. The monoisotopic (exact) mass is 372 g/mol. The van der Waals surface area contributed by atoms with E-state index in [1.807, 2.05) is 0 Å². The number of carbonyl (C=O) groups is 2. The van der Waals surface area contributed by atoms with Crippen LogP contribution in [0.5, 0.6) is 0 Å². The molecule has 6 nitrogen and oxygen atoms in total. The molecule has 0 atom stereocenters. The number of anilines is 2. The fourth-order valence-corrected chi connectivity index (χ4v) is 3.64. The predicted octanol–water partition coefficient (Wildman–Crippen LogP) is 3.08. The van der Waals surface area contributed by atoms with Gasteiger partial charge in [-0.3, -0.25) is 9.59 Å². The molecule has 0 radical (unpaired) electrons. The van der Waals surface area contributed by atoms with Crippen LogP contribution in [0.2, 0.25) is 0 Å². The van der Waals surface area contributed by atoms with E-state index >= 15 is 0 Å². The number of benzene rings is 2. The van der Waals surface area contributed by atoms with Crippen LogP contribution in [0.3, 0.4) is 0 Å².